The predicted octanol–water partition coefficient (Wildman–Crippen LogP) is -1.14. The minimum atomic E-state index is -1.50. The quantitative estimate of drug-likeness (QED) is 0.323. The molecule has 0 aliphatic carbocycles. The first-order valence-corrected chi connectivity index (χ1v) is 8.76. The smallest absolute Gasteiger partial charge is 0.0656 e. The van der Waals surface area contributed by atoms with Crippen LogP contribution in [0.3, 0.4) is 0 Å². The molecule has 0 spiro atoms. The average Bonchev–Trinajstić information content (AvgIpc) is 0.722. The third kappa shape index (κ3) is 36.4. The molecule has 0 aromatic heterocycles. The highest BCUT2D eigenvalue weighted by Gasteiger charge is 2.02. The van der Waals surface area contributed by atoms with Crippen molar-refractivity contribution >= 4 is 47.1 Å². The summed E-state index contributed by atoms with van der Waals surface area (Å²) in [6.07, 6.45) is 0. The van der Waals surface area contributed by atoms with Crippen LogP contribution in [0.2, 0.25) is 0 Å². The van der Waals surface area contributed by atoms with Crippen molar-refractivity contribution in [2.45, 2.75) is 0 Å². The lowest BCUT2D eigenvalue weighted by molar-refractivity contribution is 3.88. The molecule has 0 atom stereocenters. The molecule has 0 heterocycles. The first kappa shape index (κ1) is 6.22. The zero-order chi connectivity index (χ0) is 4.50. The lowest BCUT2D eigenvalue weighted by atomic mass is 26.3. The normalized spacial score (nSPS) is 12.0. The fraction of sp³-hybridized carbons (Fsp3) is 0. The molecule has 0 N–H and O–H groups in total. The molecular weight excluding hydrogens is 144 g/mol. The van der Waals surface area contributed by atoms with Crippen LogP contribution in [0.5, 0.6) is 0 Å². The van der Waals surface area contributed by atoms with Gasteiger partial charge in [-0.1, -0.05) is 0 Å². The Morgan fingerprint density at radius 1 is 1.20 bits per heavy atom. The highest BCUT2D eigenvalue weighted by Crippen LogP contribution is 1.83. The summed E-state index contributed by atoms with van der Waals surface area (Å²) < 4.78 is 0. The standard InChI is InChI=1S/HSSi4/c1-5(2,3)4/h1H. The van der Waals surface area contributed by atoms with Gasteiger partial charge in [0, 0.05) is 29.3 Å². The van der Waals surface area contributed by atoms with E-state index >= 15 is 0 Å². The van der Waals surface area contributed by atoms with Crippen LogP contribution in [0.25, 0.3) is 0 Å². The SMILES string of the molecule is [Si][Si]([Si])([Si])S. The van der Waals surface area contributed by atoms with E-state index in [9.17, 15) is 0 Å². The Morgan fingerprint density at radius 2 is 1.20 bits per heavy atom. The largest absolute Gasteiger partial charge is 0.213 e. The second-order valence-corrected chi connectivity index (χ2v) is 19.2. The molecule has 5 heavy (non-hydrogen) atoms. The number of hydrogen-bond acceptors (Lipinski definition) is 1. The van der Waals surface area contributed by atoms with E-state index in [1.165, 1.54) is 0 Å². The molecule has 0 unspecified atom stereocenters. The molecule has 0 aliphatic rings. The number of hydrogen-bond donors (Lipinski definition) is 1. The minimum absolute atomic E-state index is 1.50. The molecule has 9 radical (unpaired) electrons. The second kappa shape index (κ2) is 1.78. The van der Waals surface area contributed by atoms with Crippen LogP contribution in [0.15, 0.2) is 0 Å². The summed E-state index contributed by atoms with van der Waals surface area (Å²) in [6, 6.07) is 0. The zero-order valence-corrected chi connectivity index (χ0v) is 7.34. The van der Waals surface area contributed by atoms with E-state index in [0.717, 1.165) is 0 Å². The molecule has 0 aliphatic heterocycles. The second-order valence-electron chi connectivity index (χ2n) is 0.710. The van der Waals surface area contributed by atoms with E-state index in [2.05, 4.69) is 41.4 Å². The molecule has 0 aromatic rings. The van der Waals surface area contributed by atoms with Gasteiger partial charge in [0.15, 0.2) is 0 Å². The van der Waals surface area contributed by atoms with Gasteiger partial charge in [-0.05, 0) is 0 Å². The van der Waals surface area contributed by atoms with Crippen LogP contribution in [0.4, 0.5) is 0 Å². The van der Waals surface area contributed by atoms with Crippen molar-refractivity contribution in [2.24, 2.45) is 0 Å². The van der Waals surface area contributed by atoms with Crippen molar-refractivity contribution in [1.29, 1.82) is 0 Å². The molecule has 0 saturated carbocycles. The van der Waals surface area contributed by atoms with Gasteiger partial charge in [-0.25, -0.2) is 12.1 Å². The summed E-state index contributed by atoms with van der Waals surface area (Å²) in [6.45, 7) is 0. The third-order valence-corrected chi connectivity index (χ3v) is 0. The molecule has 5 heteroatoms. The van der Waals surface area contributed by atoms with Gasteiger partial charge in [-0.3, -0.25) is 0 Å². The van der Waals surface area contributed by atoms with Crippen molar-refractivity contribution in [3.63, 3.8) is 0 Å². The fourth-order valence-electron chi connectivity index (χ4n) is 0. The Kier molecular flexibility index (Phi) is 2.22. The van der Waals surface area contributed by atoms with Crippen LogP contribution in [0, 0.1) is 0 Å². The van der Waals surface area contributed by atoms with Crippen molar-refractivity contribution < 1.29 is 0 Å². The van der Waals surface area contributed by atoms with Gasteiger partial charge in [0.05, 0.1) is 5.78 Å². The van der Waals surface area contributed by atoms with E-state index in [4.69, 9.17) is 0 Å². The summed E-state index contributed by atoms with van der Waals surface area (Å²) in [5.41, 5.74) is 0. The highest BCUT2D eigenvalue weighted by molar-refractivity contribution is 8.31. The first-order valence-electron chi connectivity index (χ1n) is 0.974. The molecule has 23 valence electrons. The van der Waals surface area contributed by atoms with Crippen molar-refractivity contribution in [1.82, 2.24) is 0 Å². The summed E-state index contributed by atoms with van der Waals surface area (Å²) in [7, 11) is 9.75. The van der Waals surface area contributed by atoms with Gasteiger partial charge in [0.2, 0.25) is 0 Å². The van der Waals surface area contributed by atoms with Crippen LogP contribution >= 0.6 is 12.1 Å². The van der Waals surface area contributed by atoms with Crippen molar-refractivity contribution in [3.8, 4) is 0 Å². The van der Waals surface area contributed by atoms with E-state index < -0.39 is 5.78 Å². The number of thiol groups is 1. The summed E-state index contributed by atoms with van der Waals surface area (Å²) in [5, 5.41) is 0. The third-order valence-electron chi connectivity index (χ3n) is 0. The maximum Gasteiger partial charge on any atom is 0.0656 e. The molecule has 0 fully saturated rings. The van der Waals surface area contributed by atoms with Crippen LogP contribution in [0.1, 0.15) is 0 Å². The molecule has 0 saturated heterocycles. The monoisotopic (exact) mass is 145 g/mol. The lowest BCUT2D eigenvalue weighted by Gasteiger charge is -1.99. The lowest BCUT2D eigenvalue weighted by Crippen LogP contribution is -2.29. The summed E-state index contributed by atoms with van der Waals surface area (Å²) in [4.78, 5) is 0. The Hall–Kier alpha value is 1.22. The Balaban J connectivity index is 3.02. The summed E-state index contributed by atoms with van der Waals surface area (Å²) >= 11 is 4.00. The molecule has 0 amide bonds. The van der Waals surface area contributed by atoms with Crippen LogP contribution in [-0.4, -0.2) is 35.1 Å². The Morgan fingerprint density at radius 3 is 1.20 bits per heavy atom. The molecule has 0 rings (SSSR count). The van der Waals surface area contributed by atoms with Crippen LogP contribution in [-0.2, 0) is 0 Å². The Bertz CT molecular complexity index is 19.1. The van der Waals surface area contributed by atoms with E-state index in [1.54, 1.807) is 0 Å². The van der Waals surface area contributed by atoms with E-state index in [0.29, 0.717) is 0 Å². The summed E-state index contributed by atoms with van der Waals surface area (Å²) in [5.74, 6) is -1.50. The van der Waals surface area contributed by atoms with E-state index in [1.807, 2.05) is 0 Å². The highest BCUT2D eigenvalue weighted by atomic mass is 32.3. The average molecular weight is 145 g/mol. The topological polar surface area (TPSA) is 0 Å². The van der Waals surface area contributed by atoms with Gasteiger partial charge in [-0.2, -0.15) is 0 Å². The van der Waals surface area contributed by atoms with Crippen molar-refractivity contribution in [2.75, 3.05) is 0 Å². The molecule has 0 bridgehead atoms. The van der Waals surface area contributed by atoms with Gasteiger partial charge in [0.25, 0.3) is 0 Å². The first-order chi connectivity index (χ1) is 2.00. The van der Waals surface area contributed by atoms with E-state index in [-0.39, 0.29) is 0 Å². The zero-order valence-electron chi connectivity index (χ0n) is 2.45. The number of rotatable bonds is 0. The maximum absolute atomic E-state index is 4.00. The van der Waals surface area contributed by atoms with Crippen LogP contribution < -0.4 is 0 Å². The van der Waals surface area contributed by atoms with Gasteiger partial charge in [0.1, 0.15) is 0 Å². The van der Waals surface area contributed by atoms with Crippen molar-refractivity contribution in [3.05, 3.63) is 0 Å². The fourth-order valence-corrected chi connectivity index (χ4v) is 0. The predicted molar refractivity (Wildman–Crippen MR) is 32.0 cm³/mol. The Labute approximate surface area is 47.4 Å². The molecule has 0 aromatic carbocycles. The molecular formula is HSSi4. The molecule has 0 nitrogen and oxygen atoms in total. The van der Waals surface area contributed by atoms with Gasteiger partial charge in [-0.15, -0.1) is 0 Å². The van der Waals surface area contributed by atoms with Gasteiger partial charge >= 0.3 is 0 Å². The van der Waals surface area contributed by atoms with Gasteiger partial charge < -0.3 is 0 Å². The maximum atomic E-state index is 4.00. The minimum Gasteiger partial charge on any atom is -0.213 e.